The lowest BCUT2D eigenvalue weighted by atomic mass is 9.99. The van der Waals surface area contributed by atoms with Crippen LogP contribution in [0.2, 0.25) is 0 Å². The second kappa shape index (κ2) is 6.14. The minimum atomic E-state index is 0.329. The summed E-state index contributed by atoms with van der Waals surface area (Å²) in [5.41, 5.74) is 4.14. The highest BCUT2D eigenvalue weighted by atomic mass is 32.1. The van der Waals surface area contributed by atoms with E-state index in [2.05, 4.69) is 33.9 Å². The van der Waals surface area contributed by atoms with Crippen molar-refractivity contribution in [2.75, 3.05) is 19.8 Å². The molecule has 4 rings (SSSR count). The molecule has 3 heterocycles. The number of aromatic nitrogens is 2. The molecule has 2 aromatic heterocycles. The first-order valence-electron chi connectivity index (χ1n) is 8.15. The van der Waals surface area contributed by atoms with Gasteiger partial charge in [0, 0.05) is 26.7 Å². The molecule has 1 aliphatic carbocycles. The van der Waals surface area contributed by atoms with Crippen LogP contribution in [0.3, 0.4) is 0 Å². The normalized spacial score (nSPS) is 22.0. The molecule has 0 N–H and O–H groups in total. The Morgan fingerprint density at radius 1 is 1.36 bits per heavy atom. The zero-order valence-corrected chi connectivity index (χ0v) is 13.9. The van der Waals surface area contributed by atoms with E-state index in [4.69, 9.17) is 4.74 Å². The van der Waals surface area contributed by atoms with Crippen LogP contribution in [0.4, 0.5) is 0 Å². The lowest BCUT2D eigenvalue weighted by molar-refractivity contribution is 0.0413. The maximum absolute atomic E-state index is 6.05. The minimum Gasteiger partial charge on any atom is -0.379 e. The van der Waals surface area contributed by atoms with Crippen LogP contribution >= 0.6 is 11.3 Å². The average molecular weight is 317 g/mol. The Hall–Kier alpha value is -1.17. The molecule has 1 atom stereocenters. The topological polar surface area (TPSA) is 30.3 Å². The van der Waals surface area contributed by atoms with E-state index in [1.165, 1.54) is 29.7 Å². The number of thiophene rings is 1. The predicted octanol–water partition coefficient (Wildman–Crippen LogP) is 3.01. The molecule has 4 nitrogen and oxygen atoms in total. The van der Waals surface area contributed by atoms with Crippen molar-refractivity contribution in [2.24, 2.45) is 13.0 Å². The summed E-state index contributed by atoms with van der Waals surface area (Å²) in [6.07, 6.45) is 5.82. The zero-order chi connectivity index (χ0) is 14.9. The van der Waals surface area contributed by atoms with Crippen molar-refractivity contribution >= 4 is 11.3 Å². The van der Waals surface area contributed by atoms with Gasteiger partial charge in [-0.2, -0.15) is 16.4 Å². The van der Waals surface area contributed by atoms with E-state index in [0.717, 1.165) is 38.6 Å². The number of aryl methyl sites for hydroxylation is 1. The van der Waals surface area contributed by atoms with Crippen molar-refractivity contribution in [2.45, 2.75) is 31.8 Å². The van der Waals surface area contributed by atoms with Crippen LogP contribution in [0.25, 0.3) is 0 Å². The van der Waals surface area contributed by atoms with Crippen LogP contribution < -0.4 is 0 Å². The van der Waals surface area contributed by atoms with Crippen molar-refractivity contribution < 1.29 is 4.74 Å². The van der Waals surface area contributed by atoms with Gasteiger partial charge in [-0.3, -0.25) is 9.58 Å². The first kappa shape index (κ1) is 14.4. The Kier molecular flexibility index (Phi) is 4.03. The van der Waals surface area contributed by atoms with Gasteiger partial charge in [-0.25, -0.2) is 0 Å². The van der Waals surface area contributed by atoms with E-state index in [1.807, 2.05) is 10.9 Å². The maximum atomic E-state index is 6.05. The Morgan fingerprint density at radius 2 is 2.27 bits per heavy atom. The van der Waals surface area contributed by atoms with E-state index >= 15 is 0 Å². The fourth-order valence-electron chi connectivity index (χ4n) is 3.33. The Morgan fingerprint density at radius 3 is 3.05 bits per heavy atom. The molecule has 0 spiro atoms. The Bertz CT molecular complexity index is 618. The van der Waals surface area contributed by atoms with Gasteiger partial charge >= 0.3 is 0 Å². The maximum Gasteiger partial charge on any atom is 0.0760 e. The molecule has 118 valence electrons. The summed E-state index contributed by atoms with van der Waals surface area (Å²) in [6.45, 7) is 3.81. The van der Waals surface area contributed by atoms with Gasteiger partial charge in [0.05, 0.1) is 24.5 Å². The van der Waals surface area contributed by atoms with Gasteiger partial charge in [-0.1, -0.05) is 0 Å². The summed E-state index contributed by atoms with van der Waals surface area (Å²) in [4.78, 5) is 2.55. The van der Waals surface area contributed by atoms with Crippen molar-refractivity contribution in [3.8, 4) is 0 Å². The first-order chi connectivity index (χ1) is 10.8. The summed E-state index contributed by atoms with van der Waals surface area (Å²) in [7, 11) is 2.06. The van der Waals surface area contributed by atoms with Gasteiger partial charge in [-0.05, 0) is 53.1 Å². The molecule has 1 unspecified atom stereocenters. The molecule has 0 radical (unpaired) electrons. The third kappa shape index (κ3) is 2.98. The van der Waals surface area contributed by atoms with E-state index in [-0.39, 0.29) is 0 Å². The molecule has 22 heavy (non-hydrogen) atoms. The molecule has 1 fully saturated rings. The third-order valence-electron chi connectivity index (χ3n) is 4.78. The van der Waals surface area contributed by atoms with Crippen LogP contribution in [0.1, 0.15) is 35.7 Å². The zero-order valence-electron chi connectivity index (χ0n) is 13.1. The molecule has 0 bridgehead atoms. The molecular formula is C17H23N3OS. The summed E-state index contributed by atoms with van der Waals surface area (Å²) < 4.78 is 8.09. The van der Waals surface area contributed by atoms with Gasteiger partial charge in [0.2, 0.25) is 0 Å². The van der Waals surface area contributed by atoms with E-state index in [0.29, 0.717) is 6.04 Å². The number of nitrogens with zero attached hydrogens (tertiary/aromatic N) is 3. The smallest absolute Gasteiger partial charge is 0.0760 e. The number of hydrogen-bond acceptors (Lipinski definition) is 4. The van der Waals surface area contributed by atoms with E-state index in [1.54, 1.807) is 11.3 Å². The third-order valence-corrected chi connectivity index (χ3v) is 5.51. The van der Waals surface area contributed by atoms with Gasteiger partial charge in [0.25, 0.3) is 0 Å². The second-order valence-corrected chi connectivity index (χ2v) is 7.31. The molecule has 1 saturated carbocycles. The van der Waals surface area contributed by atoms with Crippen LogP contribution in [-0.4, -0.2) is 34.4 Å². The molecule has 0 amide bonds. The Labute approximate surface area is 135 Å². The molecule has 5 heteroatoms. The fourth-order valence-corrected chi connectivity index (χ4v) is 3.99. The summed E-state index contributed by atoms with van der Waals surface area (Å²) in [6, 6.07) is 2.56. The Balaban J connectivity index is 1.52. The monoisotopic (exact) mass is 317 g/mol. The minimum absolute atomic E-state index is 0.329. The van der Waals surface area contributed by atoms with E-state index in [9.17, 15) is 0 Å². The largest absolute Gasteiger partial charge is 0.379 e. The number of ether oxygens (including phenoxy) is 1. The standard InChI is InChI=1S/C17H23N3OS/c1-19-17-15(8-18-19)4-6-20(9-14-5-7-22-12-14)16(17)11-21-10-13-2-3-13/h5,7-8,12-13,16H,2-4,6,9-11H2,1H3. The summed E-state index contributed by atoms with van der Waals surface area (Å²) in [5.74, 6) is 0.819. The molecule has 0 aromatic carbocycles. The van der Waals surface area contributed by atoms with Crippen LogP contribution in [0, 0.1) is 5.92 Å². The number of hydrogen-bond donors (Lipinski definition) is 0. The molecule has 2 aromatic rings. The van der Waals surface area contributed by atoms with Crippen LogP contribution in [0.15, 0.2) is 23.0 Å². The molecular weight excluding hydrogens is 294 g/mol. The average Bonchev–Trinajstić information content (AvgIpc) is 3.05. The van der Waals surface area contributed by atoms with Gasteiger partial charge < -0.3 is 4.74 Å². The highest BCUT2D eigenvalue weighted by molar-refractivity contribution is 7.07. The van der Waals surface area contributed by atoms with Crippen LogP contribution in [-0.2, 0) is 24.8 Å². The highest BCUT2D eigenvalue weighted by Gasteiger charge is 2.31. The highest BCUT2D eigenvalue weighted by Crippen LogP contribution is 2.33. The van der Waals surface area contributed by atoms with Crippen LogP contribution in [0.5, 0.6) is 0 Å². The van der Waals surface area contributed by atoms with E-state index < -0.39 is 0 Å². The quantitative estimate of drug-likeness (QED) is 0.820. The molecule has 2 aliphatic rings. The fraction of sp³-hybridized carbons (Fsp3) is 0.588. The van der Waals surface area contributed by atoms with Crippen molar-refractivity contribution in [3.63, 3.8) is 0 Å². The molecule has 0 saturated heterocycles. The number of rotatable bonds is 6. The molecule has 1 aliphatic heterocycles. The second-order valence-electron chi connectivity index (χ2n) is 6.53. The number of fused-ring (bicyclic) bond motifs is 1. The van der Waals surface area contributed by atoms with Crippen molar-refractivity contribution in [3.05, 3.63) is 39.8 Å². The summed E-state index contributed by atoms with van der Waals surface area (Å²) >= 11 is 1.77. The SMILES string of the molecule is Cn1ncc2c1C(COCC1CC1)N(Cc1ccsc1)CC2. The lowest BCUT2D eigenvalue weighted by Crippen LogP contribution is -2.38. The van der Waals surface area contributed by atoms with Gasteiger partial charge in [0.1, 0.15) is 0 Å². The van der Waals surface area contributed by atoms with Gasteiger partial charge in [0.15, 0.2) is 0 Å². The summed E-state index contributed by atoms with van der Waals surface area (Å²) in [5, 5.41) is 8.88. The lowest BCUT2D eigenvalue weighted by Gasteiger charge is -2.35. The van der Waals surface area contributed by atoms with Crippen molar-refractivity contribution in [1.82, 2.24) is 14.7 Å². The predicted molar refractivity (Wildman–Crippen MR) is 87.9 cm³/mol. The first-order valence-corrected chi connectivity index (χ1v) is 9.09. The van der Waals surface area contributed by atoms with Crippen molar-refractivity contribution in [1.29, 1.82) is 0 Å². The van der Waals surface area contributed by atoms with Gasteiger partial charge in [-0.15, -0.1) is 0 Å².